The van der Waals surface area contributed by atoms with E-state index in [9.17, 15) is 26.4 Å². The maximum atomic E-state index is 12.4. The van der Waals surface area contributed by atoms with Gasteiger partial charge in [0.25, 0.3) is 0 Å². The van der Waals surface area contributed by atoms with Crippen molar-refractivity contribution in [2.75, 3.05) is 0 Å². The number of hydrogen-bond donors (Lipinski definition) is 2. The van der Waals surface area contributed by atoms with Gasteiger partial charge in [-0.15, -0.1) is 0 Å². The second kappa shape index (κ2) is 5.80. The summed E-state index contributed by atoms with van der Waals surface area (Å²) in [5.41, 5.74) is 3.98. The molecule has 1 unspecified atom stereocenters. The maximum Gasteiger partial charge on any atom is 0.416 e. The minimum Gasteiger partial charge on any atom is -0.370 e. The van der Waals surface area contributed by atoms with Gasteiger partial charge < -0.3 is 5.73 Å². The van der Waals surface area contributed by atoms with E-state index in [0.717, 1.165) is 12.1 Å². The van der Waals surface area contributed by atoms with E-state index >= 15 is 0 Å². The molecule has 5 nitrogen and oxygen atoms in total. The van der Waals surface area contributed by atoms with Crippen molar-refractivity contribution in [2.45, 2.75) is 30.5 Å². The van der Waals surface area contributed by atoms with E-state index in [1.807, 2.05) is 0 Å². The first-order chi connectivity index (χ1) is 9.02. The summed E-state index contributed by atoms with van der Waals surface area (Å²) >= 11 is 0. The molecule has 1 aromatic rings. The van der Waals surface area contributed by atoms with E-state index in [2.05, 4.69) is 4.72 Å². The minimum absolute atomic E-state index is 0.208. The van der Waals surface area contributed by atoms with Crippen LogP contribution in [0.15, 0.2) is 29.2 Å². The number of halogens is 3. The van der Waals surface area contributed by atoms with E-state index in [1.54, 1.807) is 0 Å². The Labute approximate surface area is 114 Å². The van der Waals surface area contributed by atoms with Gasteiger partial charge in [-0.2, -0.15) is 13.2 Å². The molecule has 0 saturated heterocycles. The summed E-state index contributed by atoms with van der Waals surface area (Å²) in [5, 5.41) is 0. The molecule has 1 amide bonds. The van der Waals surface area contributed by atoms with E-state index < -0.39 is 33.7 Å². The van der Waals surface area contributed by atoms with Gasteiger partial charge in [-0.1, -0.05) is 0 Å². The first-order valence-corrected chi connectivity index (χ1v) is 6.98. The molecule has 0 aliphatic heterocycles. The Morgan fingerprint density at radius 3 is 2.20 bits per heavy atom. The van der Waals surface area contributed by atoms with Gasteiger partial charge in [0.1, 0.15) is 0 Å². The van der Waals surface area contributed by atoms with Crippen LogP contribution in [0, 0.1) is 0 Å². The van der Waals surface area contributed by atoms with Gasteiger partial charge in [0.05, 0.1) is 10.5 Å². The monoisotopic (exact) mass is 310 g/mol. The number of hydrogen-bond acceptors (Lipinski definition) is 3. The molecule has 0 aliphatic rings. The SMILES string of the molecule is CC(CC(N)=O)NS(=O)(=O)c1ccc(C(F)(F)F)cc1. The number of carbonyl (C=O) groups excluding carboxylic acids is 1. The zero-order chi connectivity index (χ0) is 15.6. The maximum absolute atomic E-state index is 12.4. The number of carbonyl (C=O) groups is 1. The molecule has 0 fully saturated rings. The third kappa shape index (κ3) is 4.49. The third-order valence-corrected chi connectivity index (χ3v) is 3.96. The van der Waals surface area contributed by atoms with Crippen molar-refractivity contribution < 1.29 is 26.4 Å². The van der Waals surface area contributed by atoms with Crippen LogP contribution in [-0.2, 0) is 21.0 Å². The minimum atomic E-state index is -4.53. The predicted octanol–water partition coefficient (Wildman–Crippen LogP) is 1.25. The van der Waals surface area contributed by atoms with Gasteiger partial charge in [-0.25, -0.2) is 13.1 Å². The highest BCUT2D eigenvalue weighted by molar-refractivity contribution is 7.89. The average molecular weight is 310 g/mol. The average Bonchev–Trinajstić information content (AvgIpc) is 2.26. The lowest BCUT2D eigenvalue weighted by molar-refractivity contribution is -0.137. The van der Waals surface area contributed by atoms with Crippen molar-refractivity contribution >= 4 is 15.9 Å². The summed E-state index contributed by atoms with van der Waals surface area (Å²) in [6, 6.07) is 2.30. The lowest BCUT2D eigenvalue weighted by atomic mass is 10.2. The second-order valence-corrected chi connectivity index (χ2v) is 5.93. The molecule has 9 heteroatoms. The molecule has 1 rings (SSSR count). The van der Waals surface area contributed by atoms with Gasteiger partial charge in [-0.3, -0.25) is 4.79 Å². The summed E-state index contributed by atoms with van der Waals surface area (Å²) in [6.45, 7) is 1.42. The Hall–Kier alpha value is -1.61. The number of alkyl halides is 3. The Kier molecular flexibility index (Phi) is 4.77. The highest BCUT2D eigenvalue weighted by Gasteiger charge is 2.30. The standard InChI is InChI=1S/C11H13F3N2O3S/c1-7(6-10(15)17)16-20(18,19)9-4-2-8(3-5-9)11(12,13)14/h2-5,7,16H,6H2,1H3,(H2,15,17). The lowest BCUT2D eigenvalue weighted by Gasteiger charge is -2.13. The summed E-state index contributed by atoms with van der Waals surface area (Å²) in [4.78, 5) is 10.3. The molecule has 3 N–H and O–H groups in total. The van der Waals surface area contributed by atoms with E-state index in [4.69, 9.17) is 5.73 Å². The number of sulfonamides is 1. The molecule has 0 bridgehead atoms. The number of nitrogens with two attached hydrogens (primary N) is 1. The van der Waals surface area contributed by atoms with Crippen LogP contribution in [0.3, 0.4) is 0 Å². The number of benzene rings is 1. The topological polar surface area (TPSA) is 89.3 Å². The van der Waals surface area contributed by atoms with Crippen LogP contribution in [0.1, 0.15) is 18.9 Å². The van der Waals surface area contributed by atoms with Crippen LogP contribution >= 0.6 is 0 Å². The van der Waals surface area contributed by atoms with Gasteiger partial charge in [-0.05, 0) is 31.2 Å². The van der Waals surface area contributed by atoms with E-state index in [1.165, 1.54) is 6.92 Å². The fourth-order valence-electron chi connectivity index (χ4n) is 1.50. The molecule has 0 heterocycles. The Balaban J connectivity index is 2.91. The fourth-order valence-corrected chi connectivity index (χ4v) is 2.74. The highest BCUT2D eigenvalue weighted by Crippen LogP contribution is 2.29. The van der Waals surface area contributed by atoms with Crippen LogP contribution in [0.4, 0.5) is 13.2 Å². The summed E-state index contributed by atoms with van der Waals surface area (Å²) in [6.07, 6.45) is -4.74. The number of nitrogens with one attached hydrogen (secondary N) is 1. The van der Waals surface area contributed by atoms with Crippen molar-refractivity contribution in [3.8, 4) is 0 Å². The Morgan fingerprint density at radius 1 is 1.30 bits per heavy atom. The molecule has 20 heavy (non-hydrogen) atoms. The van der Waals surface area contributed by atoms with Crippen LogP contribution in [0.2, 0.25) is 0 Å². The largest absolute Gasteiger partial charge is 0.416 e. The van der Waals surface area contributed by atoms with Crippen molar-refractivity contribution in [3.05, 3.63) is 29.8 Å². The van der Waals surface area contributed by atoms with Crippen molar-refractivity contribution in [1.82, 2.24) is 4.72 Å². The normalized spacial score (nSPS) is 14.0. The summed E-state index contributed by atoms with van der Waals surface area (Å²) < 4.78 is 62.9. The number of amides is 1. The Bertz CT molecular complexity index is 582. The fraction of sp³-hybridized carbons (Fsp3) is 0.364. The molecule has 0 aliphatic carbocycles. The van der Waals surface area contributed by atoms with Gasteiger partial charge >= 0.3 is 6.18 Å². The van der Waals surface area contributed by atoms with E-state index in [0.29, 0.717) is 12.1 Å². The number of primary amides is 1. The molecular formula is C11H13F3N2O3S. The predicted molar refractivity (Wildman–Crippen MR) is 65.0 cm³/mol. The molecule has 112 valence electrons. The third-order valence-electron chi connectivity index (χ3n) is 2.36. The molecule has 0 spiro atoms. The molecule has 1 atom stereocenters. The van der Waals surface area contributed by atoms with Crippen LogP contribution in [0.25, 0.3) is 0 Å². The van der Waals surface area contributed by atoms with Crippen LogP contribution < -0.4 is 10.5 Å². The zero-order valence-electron chi connectivity index (χ0n) is 10.4. The summed E-state index contributed by atoms with van der Waals surface area (Å²) in [7, 11) is -3.99. The second-order valence-electron chi connectivity index (χ2n) is 4.21. The Morgan fingerprint density at radius 2 is 1.80 bits per heavy atom. The highest BCUT2D eigenvalue weighted by atomic mass is 32.2. The first-order valence-electron chi connectivity index (χ1n) is 5.50. The van der Waals surface area contributed by atoms with E-state index in [-0.39, 0.29) is 11.3 Å². The molecule has 0 aromatic heterocycles. The quantitative estimate of drug-likeness (QED) is 0.857. The molecule has 1 aromatic carbocycles. The smallest absolute Gasteiger partial charge is 0.370 e. The number of rotatable bonds is 5. The molecular weight excluding hydrogens is 297 g/mol. The summed E-state index contributed by atoms with van der Waals surface area (Å²) in [5.74, 6) is -0.687. The van der Waals surface area contributed by atoms with Crippen molar-refractivity contribution in [1.29, 1.82) is 0 Å². The molecule has 0 saturated carbocycles. The van der Waals surface area contributed by atoms with Gasteiger partial charge in [0.2, 0.25) is 15.9 Å². The van der Waals surface area contributed by atoms with Crippen LogP contribution in [-0.4, -0.2) is 20.4 Å². The van der Waals surface area contributed by atoms with Gasteiger partial charge in [0, 0.05) is 12.5 Å². The van der Waals surface area contributed by atoms with Crippen molar-refractivity contribution in [3.63, 3.8) is 0 Å². The van der Waals surface area contributed by atoms with Crippen LogP contribution in [0.5, 0.6) is 0 Å². The first kappa shape index (κ1) is 16.4. The lowest BCUT2D eigenvalue weighted by Crippen LogP contribution is -2.35. The zero-order valence-corrected chi connectivity index (χ0v) is 11.3. The van der Waals surface area contributed by atoms with Crippen molar-refractivity contribution in [2.24, 2.45) is 5.73 Å². The van der Waals surface area contributed by atoms with Gasteiger partial charge in [0.15, 0.2) is 0 Å². The molecule has 0 radical (unpaired) electrons.